The van der Waals surface area contributed by atoms with Crippen LogP contribution < -0.4 is 4.72 Å². The Bertz CT molecular complexity index is 652. The van der Waals surface area contributed by atoms with Gasteiger partial charge in [0.2, 0.25) is 10.0 Å². The molecule has 3 N–H and O–H groups in total. The van der Waals surface area contributed by atoms with Crippen LogP contribution in [0.1, 0.15) is 41.9 Å². The molecule has 3 rings (SSSR count). The van der Waals surface area contributed by atoms with E-state index in [2.05, 4.69) is 14.9 Å². The van der Waals surface area contributed by atoms with Crippen molar-refractivity contribution in [3.05, 3.63) is 11.4 Å². The van der Waals surface area contributed by atoms with Gasteiger partial charge in [0.05, 0.1) is 5.69 Å². The van der Waals surface area contributed by atoms with Crippen LogP contribution in [-0.2, 0) is 10.0 Å². The molecule has 0 aromatic carbocycles. The van der Waals surface area contributed by atoms with E-state index in [1.807, 2.05) is 0 Å². The van der Waals surface area contributed by atoms with Gasteiger partial charge < -0.3 is 5.11 Å². The number of carbonyl (C=O) groups is 1. The highest BCUT2D eigenvalue weighted by atomic mass is 32.2. The molecule has 0 aliphatic heterocycles. The summed E-state index contributed by atoms with van der Waals surface area (Å²) in [6, 6.07) is -0.0744. The maximum Gasteiger partial charge on any atom is 0.357 e. The number of aromatic carboxylic acids is 1. The quantitative estimate of drug-likeness (QED) is 0.764. The summed E-state index contributed by atoms with van der Waals surface area (Å²) in [5.41, 5.74) is -0.198. The number of hydrogen-bond donors (Lipinski definition) is 3. The zero-order valence-corrected chi connectivity index (χ0v) is 11.9. The van der Waals surface area contributed by atoms with Crippen LogP contribution in [-0.4, -0.2) is 35.7 Å². The molecule has 1 aromatic heterocycles. The second kappa shape index (κ2) is 4.56. The lowest BCUT2D eigenvalue weighted by Gasteiger charge is -2.22. The number of nitrogens with zero attached hydrogens (tertiary/aromatic N) is 1. The SMILES string of the molecule is Cc1[nH]nc(C(=O)O)c1S(=O)(=O)NC1CC2CCC1C2. The predicted octanol–water partition coefficient (Wildman–Crippen LogP) is 0.883. The smallest absolute Gasteiger partial charge is 0.357 e. The van der Waals surface area contributed by atoms with Crippen molar-refractivity contribution in [1.29, 1.82) is 0 Å². The first-order valence-electron chi connectivity index (χ1n) is 6.69. The maximum absolute atomic E-state index is 12.4. The molecule has 0 saturated heterocycles. The summed E-state index contributed by atoms with van der Waals surface area (Å²) in [4.78, 5) is 10.8. The normalized spacial score (nSPS) is 28.9. The second-order valence-electron chi connectivity index (χ2n) is 5.73. The summed E-state index contributed by atoms with van der Waals surface area (Å²) in [6.45, 7) is 1.51. The van der Waals surface area contributed by atoms with E-state index in [1.54, 1.807) is 0 Å². The van der Waals surface area contributed by atoms with E-state index in [0.717, 1.165) is 19.3 Å². The molecule has 2 bridgehead atoms. The zero-order chi connectivity index (χ0) is 14.5. The van der Waals surface area contributed by atoms with Gasteiger partial charge in [0.15, 0.2) is 5.69 Å². The number of rotatable bonds is 4. The third-order valence-electron chi connectivity index (χ3n) is 4.41. The Hall–Kier alpha value is -1.41. The van der Waals surface area contributed by atoms with E-state index in [4.69, 9.17) is 5.11 Å². The predicted molar refractivity (Wildman–Crippen MR) is 69.8 cm³/mol. The van der Waals surface area contributed by atoms with Crippen molar-refractivity contribution in [3.8, 4) is 0 Å². The van der Waals surface area contributed by atoms with Crippen LogP contribution in [0.25, 0.3) is 0 Å². The van der Waals surface area contributed by atoms with Crippen molar-refractivity contribution in [2.75, 3.05) is 0 Å². The fourth-order valence-corrected chi connectivity index (χ4v) is 5.18. The van der Waals surface area contributed by atoms with Gasteiger partial charge >= 0.3 is 5.97 Å². The molecule has 1 heterocycles. The van der Waals surface area contributed by atoms with Crippen LogP contribution >= 0.6 is 0 Å². The largest absolute Gasteiger partial charge is 0.476 e. The number of nitrogens with one attached hydrogen (secondary N) is 2. The van der Waals surface area contributed by atoms with E-state index in [9.17, 15) is 13.2 Å². The standard InChI is InChI=1S/C12H17N3O4S/c1-6-11(10(12(16)17)14-13-6)20(18,19)15-9-5-7-2-3-8(9)4-7/h7-9,15H,2-5H2,1H3,(H,13,14)(H,16,17). The third-order valence-corrected chi connectivity index (χ3v) is 6.06. The van der Waals surface area contributed by atoms with Crippen molar-refractivity contribution in [2.24, 2.45) is 11.8 Å². The topological polar surface area (TPSA) is 112 Å². The van der Waals surface area contributed by atoms with Gasteiger partial charge in [-0.2, -0.15) is 5.10 Å². The molecule has 1 aromatic rings. The Morgan fingerprint density at radius 1 is 1.40 bits per heavy atom. The van der Waals surface area contributed by atoms with E-state index in [-0.39, 0.29) is 16.6 Å². The van der Waals surface area contributed by atoms with Crippen LogP contribution in [0.3, 0.4) is 0 Å². The zero-order valence-electron chi connectivity index (χ0n) is 11.1. The van der Waals surface area contributed by atoms with E-state index in [1.165, 1.54) is 13.3 Å². The van der Waals surface area contributed by atoms with Crippen LogP contribution in [0, 0.1) is 18.8 Å². The highest BCUT2D eigenvalue weighted by molar-refractivity contribution is 7.89. The Labute approximate surface area is 116 Å². The lowest BCUT2D eigenvalue weighted by molar-refractivity contribution is 0.0686. The van der Waals surface area contributed by atoms with Crippen LogP contribution in [0.5, 0.6) is 0 Å². The van der Waals surface area contributed by atoms with Gasteiger partial charge in [-0.25, -0.2) is 17.9 Å². The number of sulfonamides is 1. The number of hydrogen-bond acceptors (Lipinski definition) is 4. The Morgan fingerprint density at radius 2 is 2.15 bits per heavy atom. The lowest BCUT2D eigenvalue weighted by Crippen LogP contribution is -2.39. The first-order chi connectivity index (χ1) is 9.38. The van der Waals surface area contributed by atoms with Crippen molar-refractivity contribution in [1.82, 2.24) is 14.9 Å². The van der Waals surface area contributed by atoms with Crippen molar-refractivity contribution in [2.45, 2.75) is 43.5 Å². The fraction of sp³-hybridized carbons (Fsp3) is 0.667. The number of carboxylic acid groups (broad SMARTS) is 1. The first-order valence-corrected chi connectivity index (χ1v) is 8.17. The summed E-state index contributed by atoms with van der Waals surface area (Å²) in [5.74, 6) is -0.352. The Balaban J connectivity index is 1.89. The van der Waals surface area contributed by atoms with Crippen molar-refractivity contribution in [3.63, 3.8) is 0 Å². The molecule has 0 spiro atoms. The summed E-state index contributed by atoms with van der Waals surface area (Å²) < 4.78 is 27.5. The molecule has 2 saturated carbocycles. The first kappa shape index (κ1) is 13.6. The minimum atomic E-state index is -3.85. The number of aryl methyl sites for hydroxylation is 1. The third kappa shape index (κ3) is 2.12. The molecular formula is C12H17N3O4S. The number of carboxylic acids is 1. The van der Waals surface area contributed by atoms with Crippen LogP contribution in [0.15, 0.2) is 4.90 Å². The van der Waals surface area contributed by atoms with Gasteiger partial charge in [0.1, 0.15) is 4.90 Å². The molecule has 110 valence electrons. The highest BCUT2D eigenvalue weighted by Gasteiger charge is 2.42. The highest BCUT2D eigenvalue weighted by Crippen LogP contribution is 2.44. The molecule has 20 heavy (non-hydrogen) atoms. The fourth-order valence-electron chi connectivity index (χ4n) is 3.54. The van der Waals surface area contributed by atoms with Gasteiger partial charge in [0.25, 0.3) is 0 Å². The minimum Gasteiger partial charge on any atom is -0.476 e. The lowest BCUT2D eigenvalue weighted by atomic mass is 9.96. The van der Waals surface area contributed by atoms with Gasteiger partial charge in [-0.05, 0) is 38.0 Å². The van der Waals surface area contributed by atoms with E-state index < -0.39 is 21.7 Å². The van der Waals surface area contributed by atoms with Gasteiger partial charge in [-0.3, -0.25) is 5.10 Å². The number of H-pyrrole nitrogens is 1. The summed E-state index contributed by atoms with van der Waals surface area (Å²) >= 11 is 0. The molecule has 3 unspecified atom stereocenters. The molecule has 0 radical (unpaired) electrons. The van der Waals surface area contributed by atoms with Gasteiger partial charge in [-0.15, -0.1) is 0 Å². The number of aromatic nitrogens is 2. The van der Waals surface area contributed by atoms with Crippen LogP contribution in [0.4, 0.5) is 0 Å². The average molecular weight is 299 g/mol. The average Bonchev–Trinajstić information content (AvgIpc) is 3.02. The monoisotopic (exact) mass is 299 g/mol. The van der Waals surface area contributed by atoms with E-state index in [0.29, 0.717) is 11.8 Å². The minimum absolute atomic E-state index is 0.0744. The molecule has 2 aliphatic rings. The molecule has 0 amide bonds. The number of fused-ring (bicyclic) bond motifs is 2. The molecule has 2 aliphatic carbocycles. The molecule has 2 fully saturated rings. The maximum atomic E-state index is 12.4. The number of aromatic amines is 1. The summed E-state index contributed by atoms with van der Waals surface area (Å²) in [7, 11) is -3.85. The van der Waals surface area contributed by atoms with Gasteiger partial charge in [0, 0.05) is 6.04 Å². The summed E-state index contributed by atoms with van der Waals surface area (Å²) in [5, 5.41) is 15.0. The van der Waals surface area contributed by atoms with Crippen molar-refractivity contribution < 1.29 is 18.3 Å². The summed E-state index contributed by atoms with van der Waals surface area (Å²) in [6.07, 6.45) is 4.15. The molecule has 3 atom stereocenters. The van der Waals surface area contributed by atoms with Crippen LogP contribution in [0.2, 0.25) is 0 Å². The second-order valence-corrected chi connectivity index (χ2v) is 7.38. The molecular weight excluding hydrogens is 282 g/mol. The Morgan fingerprint density at radius 3 is 2.70 bits per heavy atom. The molecule has 7 nitrogen and oxygen atoms in total. The van der Waals surface area contributed by atoms with Crippen molar-refractivity contribution >= 4 is 16.0 Å². The van der Waals surface area contributed by atoms with Gasteiger partial charge in [-0.1, -0.05) is 6.42 Å². The molecule has 8 heteroatoms. The van der Waals surface area contributed by atoms with E-state index >= 15 is 0 Å². The Kier molecular flexibility index (Phi) is 3.09.